The Labute approximate surface area is 115 Å². The highest BCUT2D eigenvalue weighted by Gasteiger charge is 2.33. The van der Waals surface area contributed by atoms with Gasteiger partial charge in [0.25, 0.3) is 0 Å². The highest BCUT2D eigenvalue weighted by Crippen LogP contribution is 2.39. The zero-order chi connectivity index (χ0) is 13.6. The van der Waals surface area contributed by atoms with E-state index in [0.29, 0.717) is 23.8 Å². The van der Waals surface area contributed by atoms with E-state index in [2.05, 4.69) is 4.98 Å². The van der Waals surface area contributed by atoms with Gasteiger partial charge in [0.2, 0.25) is 0 Å². The lowest BCUT2D eigenvalue weighted by molar-refractivity contribution is -0.141. The van der Waals surface area contributed by atoms with Crippen LogP contribution in [0.5, 0.6) is 0 Å². The minimum absolute atomic E-state index is 0.103. The van der Waals surface area contributed by atoms with E-state index < -0.39 is 5.97 Å². The lowest BCUT2D eigenvalue weighted by Crippen LogP contribution is -2.09. The molecule has 0 bridgehead atoms. The Morgan fingerprint density at radius 3 is 2.95 bits per heavy atom. The molecule has 2 unspecified atom stereocenters. The van der Waals surface area contributed by atoms with E-state index in [4.69, 9.17) is 21.1 Å². The van der Waals surface area contributed by atoms with E-state index in [1.165, 1.54) is 0 Å². The normalized spacial score (nSPS) is 23.1. The fraction of sp³-hybridized carbons (Fsp3) is 0.429. The van der Waals surface area contributed by atoms with Crippen LogP contribution >= 0.6 is 11.6 Å². The summed E-state index contributed by atoms with van der Waals surface area (Å²) in [5.74, 6) is -0.252. The van der Waals surface area contributed by atoms with Gasteiger partial charge in [0, 0.05) is 10.9 Å². The Bertz CT molecular complexity index is 649. The molecule has 5 heteroatoms. The lowest BCUT2D eigenvalue weighted by Gasteiger charge is -2.03. The first-order chi connectivity index (χ1) is 9.04. The topological polar surface area (TPSA) is 63.3 Å². The molecular formula is C14H14ClNO3. The van der Waals surface area contributed by atoms with Crippen LogP contribution in [0.15, 0.2) is 16.5 Å². The number of aromatic nitrogens is 1. The van der Waals surface area contributed by atoms with Gasteiger partial charge >= 0.3 is 5.97 Å². The number of halogens is 1. The van der Waals surface area contributed by atoms with Crippen molar-refractivity contribution in [1.29, 1.82) is 0 Å². The number of hydrogen-bond acceptors (Lipinski definition) is 3. The second-order valence-electron chi connectivity index (χ2n) is 5.17. The molecule has 100 valence electrons. The van der Waals surface area contributed by atoms with E-state index >= 15 is 0 Å². The highest BCUT2D eigenvalue weighted by atomic mass is 35.5. The predicted molar refractivity (Wildman–Crippen MR) is 71.5 cm³/mol. The zero-order valence-corrected chi connectivity index (χ0v) is 11.3. The van der Waals surface area contributed by atoms with Crippen LogP contribution in [0.3, 0.4) is 0 Å². The summed E-state index contributed by atoms with van der Waals surface area (Å²) in [6, 6.07) is 3.62. The van der Waals surface area contributed by atoms with Crippen LogP contribution in [0.2, 0.25) is 5.02 Å². The van der Waals surface area contributed by atoms with Crippen LogP contribution in [0, 0.1) is 12.8 Å². The Morgan fingerprint density at radius 1 is 1.47 bits per heavy atom. The summed E-state index contributed by atoms with van der Waals surface area (Å²) in [5, 5.41) is 9.67. The van der Waals surface area contributed by atoms with Gasteiger partial charge in [-0.2, -0.15) is 0 Å². The van der Waals surface area contributed by atoms with Crippen molar-refractivity contribution in [2.45, 2.75) is 32.1 Å². The van der Waals surface area contributed by atoms with Crippen molar-refractivity contribution < 1.29 is 14.3 Å². The minimum atomic E-state index is -0.724. The largest absolute Gasteiger partial charge is 0.481 e. The van der Waals surface area contributed by atoms with Crippen molar-refractivity contribution in [3.63, 3.8) is 0 Å². The number of benzene rings is 1. The molecule has 0 radical (unpaired) electrons. The molecule has 2 atom stereocenters. The third kappa shape index (κ3) is 2.21. The number of aryl methyl sites for hydroxylation is 1. The van der Waals surface area contributed by atoms with E-state index in [9.17, 15) is 4.79 Å². The predicted octanol–water partition coefficient (Wildman–Crippen LogP) is 3.76. The number of carbonyl (C=O) groups is 1. The molecule has 1 aliphatic rings. The van der Waals surface area contributed by atoms with Gasteiger partial charge in [-0.25, -0.2) is 4.98 Å². The Hall–Kier alpha value is -1.55. The first kappa shape index (κ1) is 12.5. The van der Waals surface area contributed by atoms with Crippen molar-refractivity contribution in [3.8, 4) is 0 Å². The molecule has 4 nitrogen and oxygen atoms in total. The number of hydrogen-bond donors (Lipinski definition) is 1. The Kier molecular flexibility index (Phi) is 2.97. The third-order valence-electron chi connectivity index (χ3n) is 3.79. The molecule has 0 amide bonds. The van der Waals surface area contributed by atoms with Crippen LogP contribution < -0.4 is 0 Å². The van der Waals surface area contributed by atoms with Crippen molar-refractivity contribution >= 4 is 28.7 Å². The summed E-state index contributed by atoms with van der Waals surface area (Å²) in [6.45, 7) is 1.93. The summed E-state index contributed by atoms with van der Waals surface area (Å²) in [5.41, 5.74) is 2.45. The van der Waals surface area contributed by atoms with E-state index in [-0.39, 0.29) is 11.8 Å². The SMILES string of the molecule is Cc1cc(Cl)cc2nc(C3CCC(C(=O)O)C3)oc12. The van der Waals surface area contributed by atoms with Crippen LogP contribution in [0.1, 0.15) is 36.6 Å². The standard InChI is InChI=1S/C14H14ClNO3/c1-7-4-10(15)6-11-12(7)19-13(16-11)8-2-3-9(5-8)14(17)18/h4,6,8-9H,2-3,5H2,1H3,(H,17,18). The molecule has 1 heterocycles. The number of fused-ring (bicyclic) bond motifs is 1. The maximum atomic E-state index is 11.0. The van der Waals surface area contributed by atoms with Crippen molar-refractivity contribution in [2.24, 2.45) is 5.92 Å². The molecule has 0 spiro atoms. The number of nitrogens with zero attached hydrogens (tertiary/aromatic N) is 1. The zero-order valence-electron chi connectivity index (χ0n) is 10.5. The van der Waals surface area contributed by atoms with Gasteiger partial charge in [-0.05, 0) is 43.9 Å². The number of carboxylic acids is 1. The van der Waals surface area contributed by atoms with Crippen LogP contribution in [-0.2, 0) is 4.79 Å². The molecule has 1 fully saturated rings. The molecule has 0 aliphatic heterocycles. The van der Waals surface area contributed by atoms with E-state index in [1.54, 1.807) is 6.07 Å². The average Bonchev–Trinajstić information content (AvgIpc) is 2.92. The molecule has 1 aliphatic carbocycles. The molecule has 3 rings (SSSR count). The third-order valence-corrected chi connectivity index (χ3v) is 4.01. The summed E-state index contributed by atoms with van der Waals surface area (Å²) >= 11 is 6.00. The molecule has 1 N–H and O–H groups in total. The molecule has 1 aromatic heterocycles. The summed E-state index contributed by atoms with van der Waals surface area (Å²) < 4.78 is 5.80. The number of aliphatic carboxylic acids is 1. The lowest BCUT2D eigenvalue weighted by atomic mass is 10.1. The Morgan fingerprint density at radius 2 is 2.26 bits per heavy atom. The highest BCUT2D eigenvalue weighted by molar-refractivity contribution is 6.31. The monoisotopic (exact) mass is 279 g/mol. The molecule has 2 aromatic rings. The van der Waals surface area contributed by atoms with Crippen LogP contribution in [0.25, 0.3) is 11.1 Å². The number of carboxylic acid groups (broad SMARTS) is 1. The minimum Gasteiger partial charge on any atom is -0.481 e. The van der Waals surface area contributed by atoms with E-state index in [0.717, 1.165) is 23.1 Å². The van der Waals surface area contributed by atoms with Gasteiger partial charge in [0.05, 0.1) is 5.92 Å². The molecule has 0 saturated heterocycles. The summed E-state index contributed by atoms with van der Waals surface area (Å²) in [7, 11) is 0. The maximum absolute atomic E-state index is 11.0. The first-order valence-electron chi connectivity index (χ1n) is 6.34. The van der Waals surface area contributed by atoms with E-state index in [1.807, 2.05) is 13.0 Å². The van der Waals surface area contributed by atoms with Gasteiger partial charge in [-0.1, -0.05) is 11.6 Å². The van der Waals surface area contributed by atoms with Crippen LogP contribution in [0.4, 0.5) is 0 Å². The Balaban J connectivity index is 1.94. The van der Waals surface area contributed by atoms with Crippen molar-refractivity contribution in [2.75, 3.05) is 0 Å². The number of oxazole rings is 1. The molecular weight excluding hydrogens is 266 g/mol. The maximum Gasteiger partial charge on any atom is 0.306 e. The quantitative estimate of drug-likeness (QED) is 0.909. The number of rotatable bonds is 2. The summed E-state index contributed by atoms with van der Waals surface area (Å²) in [6.07, 6.45) is 2.12. The second-order valence-corrected chi connectivity index (χ2v) is 5.60. The summed E-state index contributed by atoms with van der Waals surface area (Å²) in [4.78, 5) is 15.4. The average molecular weight is 280 g/mol. The van der Waals surface area contributed by atoms with Crippen molar-refractivity contribution in [3.05, 3.63) is 28.6 Å². The van der Waals surface area contributed by atoms with Gasteiger partial charge in [-0.15, -0.1) is 0 Å². The second kappa shape index (κ2) is 4.53. The van der Waals surface area contributed by atoms with Crippen molar-refractivity contribution in [1.82, 2.24) is 4.98 Å². The van der Waals surface area contributed by atoms with Gasteiger partial charge in [-0.3, -0.25) is 4.79 Å². The molecule has 19 heavy (non-hydrogen) atoms. The van der Waals surface area contributed by atoms with Gasteiger partial charge in [0.1, 0.15) is 5.52 Å². The fourth-order valence-electron chi connectivity index (χ4n) is 2.78. The van der Waals surface area contributed by atoms with Crippen LogP contribution in [-0.4, -0.2) is 16.1 Å². The smallest absolute Gasteiger partial charge is 0.306 e. The van der Waals surface area contributed by atoms with Gasteiger partial charge < -0.3 is 9.52 Å². The van der Waals surface area contributed by atoms with Gasteiger partial charge in [0.15, 0.2) is 11.5 Å². The fourth-order valence-corrected chi connectivity index (χ4v) is 3.05. The molecule has 1 saturated carbocycles. The molecule has 1 aromatic carbocycles. The first-order valence-corrected chi connectivity index (χ1v) is 6.72.